The van der Waals surface area contributed by atoms with Crippen LogP contribution in [-0.2, 0) is 24.3 Å². The van der Waals surface area contributed by atoms with Crippen LogP contribution in [0.1, 0.15) is 31.6 Å². The fourth-order valence-electron chi connectivity index (χ4n) is 3.72. The highest BCUT2D eigenvalue weighted by Gasteiger charge is 2.34. The number of benzene rings is 2. The number of para-hydroxylation sites is 1. The van der Waals surface area contributed by atoms with Gasteiger partial charge in [0, 0.05) is 6.20 Å². The van der Waals surface area contributed by atoms with E-state index in [1.54, 1.807) is 24.3 Å². The third-order valence-corrected chi connectivity index (χ3v) is 6.36. The maximum atomic E-state index is 13.6. The van der Waals surface area contributed by atoms with Gasteiger partial charge in [0.2, 0.25) is 5.91 Å². The number of rotatable bonds is 5. The summed E-state index contributed by atoms with van der Waals surface area (Å²) in [5.41, 5.74) is 1.50. The molecule has 0 fully saturated rings. The van der Waals surface area contributed by atoms with E-state index in [0.29, 0.717) is 11.3 Å². The van der Waals surface area contributed by atoms with Crippen LogP contribution in [0.4, 0.5) is 4.39 Å². The van der Waals surface area contributed by atoms with E-state index in [0.717, 1.165) is 15.6 Å². The Kier molecular flexibility index (Phi) is 6.19. The molecule has 0 aliphatic carbocycles. The second kappa shape index (κ2) is 9.59. The highest BCUT2D eigenvalue weighted by atomic mass is 32.1. The Labute approximate surface area is 204 Å². The summed E-state index contributed by atoms with van der Waals surface area (Å²) in [7, 11) is 0. The number of carbonyl (C=O) groups excluding carboxylic acids is 2. The van der Waals surface area contributed by atoms with Gasteiger partial charge in [-0.2, -0.15) is 4.98 Å². The summed E-state index contributed by atoms with van der Waals surface area (Å²) in [5, 5.41) is 3.61. The first-order valence-electron chi connectivity index (χ1n) is 10.8. The van der Waals surface area contributed by atoms with Crippen molar-refractivity contribution in [1.29, 1.82) is 0 Å². The van der Waals surface area contributed by atoms with Crippen LogP contribution in [0.5, 0.6) is 11.8 Å². The van der Waals surface area contributed by atoms with E-state index in [2.05, 4.69) is 15.0 Å². The molecule has 0 spiro atoms. The zero-order chi connectivity index (χ0) is 24.4. The summed E-state index contributed by atoms with van der Waals surface area (Å²) >= 11 is 1.49. The van der Waals surface area contributed by atoms with Crippen LogP contribution in [0.3, 0.4) is 0 Å². The fraction of sp³-hybridized carbons (Fsp3) is 0.160. The molecule has 1 aliphatic rings. The average molecular weight is 490 g/mol. The number of hydrogen-bond acceptors (Lipinski definition) is 7. The van der Waals surface area contributed by atoms with E-state index < -0.39 is 5.91 Å². The number of carbonyl (C=O) groups is 2. The summed E-state index contributed by atoms with van der Waals surface area (Å²) in [6.07, 6.45) is 1.45. The van der Waals surface area contributed by atoms with Gasteiger partial charge in [0.1, 0.15) is 17.3 Å². The van der Waals surface area contributed by atoms with Crippen molar-refractivity contribution in [2.45, 2.75) is 26.4 Å². The number of ether oxygens (including phenoxy) is 1. The lowest BCUT2D eigenvalue weighted by Crippen LogP contribution is -2.52. The molecule has 0 unspecified atom stereocenters. The van der Waals surface area contributed by atoms with Gasteiger partial charge in [-0.15, -0.1) is 11.3 Å². The third kappa shape index (κ3) is 5.02. The van der Waals surface area contributed by atoms with Gasteiger partial charge < -0.3 is 4.74 Å². The van der Waals surface area contributed by atoms with Gasteiger partial charge in [0.05, 0.1) is 35.1 Å². The van der Waals surface area contributed by atoms with E-state index >= 15 is 0 Å². The number of halogens is 1. The summed E-state index contributed by atoms with van der Waals surface area (Å²) in [4.78, 5) is 40.6. The van der Waals surface area contributed by atoms with Gasteiger partial charge in [-0.05, 0) is 42.8 Å². The Morgan fingerprint density at radius 2 is 1.77 bits per heavy atom. The van der Waals surface area contributed by atoms with Gasteiger partial charge in [-0.25, -0.2) is 24.4 Å². The highest BCUT2D eigenvalue weighted by molar-refractivity contribution is 7.11. The SMILES string of the molecule is Cc1nc2c(s1)CN(C(=O)c1ccnc(Oc3ccccc3)n1)N(C(=O)Cc1ccc(F)cc1)C2. The van der Waals surface area contributed by atoms with Crippen LogP contribution in [0.2, 0.25) is 0 Å². The molecule has 5 rings (SSSR count). The molecule has 2 aromatic heterocycles. The number of hydrogen-bond donors (Lipinski definition) is 0. The standard InChI is InChI=1S/C25H20FN5O3S/c1-16-28-21-14-30(23(32)13-17-7-9-18(26)10-8-17)31(15-22(21)35-16)24(33)20-11-12-27-25(29-20)34-19-5-3-2-4-6-19/h2-12H,13-15H2,1H3. The van der Waals surface area contributed by atoms with Crippen molar-refractivity contribution in [3.63, 3.8) is 0 Å². The molecule has 0 radical (unpaired) electrons. The highest BCUT2D eigenvalue weighted by Crippen LogP contribution is 2.29. The van der Waals surface area contributed by atoms with Crippen molar-refractivity contribution < 1.29 is 18.7 Å². The van der Waals surface area contributed by atoms with Gasteiger partial charge in [0.25, 0.3) is 5.91 Å². The largest absolute Gasteiger partial charge is 0.424 e. The van der Waals surface area contributed by atoms with E-state index in [-0.39, 0.29) is 42.9 Å². The molecule has 8 nitrogen and oxygen atoms in total. The molecular weight excluding hydrogens is 469 g/mol. The smallest absolute Gasteiger partial charge is 0.322 e. The monoisotopic (exact) mass is 489 g/mol. The number of nitrogens with zero attached hydrogens (tertiary/aromatic N) is 5. The molecule has 2 aromatic carbocycles. The number of aromatic nitrogens is 3. The Bertz CT molecular complexity index is 1380. The van der Waals surface area contributed by atoms with Crippen molar-refractivity contribution in [2.75, 3.05) is 0 Å². The average Bonchev–Trinajstić information content (AvgIpc) is 3.24. The van der Waals surface area contributed by atoms with Gasteiger partial charge in [-0.3, -0.25) is 9.59 Å². The van der Waals surface area contributed by atoms with E-state index in [9.17, 15) is 14.0 Å². The van der Waals surface area contributed by atoms with Crippen molar-refractivity contribution >= 4 is 23.2 Å². The third-order valence-electron chi connectivity index (χ3n) is 5.37. The minimum Gasteiger partial charge on any atom is -0.424 e. The Morgan fingerprint density at radius 3 is 2.54 bits per heavy atom. The number of fused-ring (bicyclic) bond motifs is 1. The molecule has 2 amide bonds. The molecule has 10 heteroatoms. The normalized spacial score (nSPS) is 12.9. The second-order valence-electron chi connectivity index (χ2n) is 7.86. The molecule has 0 bridgehead atoms. The molecule has 176 valence electrons. The van der Waals surface area contributed by atoms with Gasteiger partial charge in [0.15, 0.2) is 0 Å². The number of thiazole rings is 1. The van der Waals surface area contributed by atoms with Gasteiger partial charge in [-0.1, -0.05) is 30.3 Å². The maximum Gasteiger partial charge on any atom is 0.322 e. The predicted octanol–water partition coefficient (Wildman–Crippen LogP) is 4.32. The van der Waals surface area contributed by atoms with Crippen LogP contribution in [0.15, 0.2) is 66.9 Å². The number of hydrazine groups is 1. The van der Waals surface area contributed by atoms with Crippen molar-refractivity contribution in [1.82, 2.24) is 25.0 Å². The molecule has 0 saturated carbocycles. The molecule has 0 atom stereocenters. The molecular formula is C25H20FN5O3S. The van der Waals surface area contributed by atoms with Crippen molar-refractivity contribution in [2.24, 2.45) is 0 Å². The molecule has 0 N–H and O–H groups in total. The van der Waals surface area contributed by atoms with E-state index in [1.807, 2.05) is 25.1 Å². The van der Waals surface area contributed by atoms with Crippen LogP contribution in [0.25, 0.3) is 0 Å². The second-order valence-corrected chi connectivity index (χ2v) is 9.15. The summed E-state index contributed by atoms with van der Waals surface area (Å²) in [6, 6.07) is 16.2. The van der Waals surface area contributed by atoms with E-state index in [1.165, 1.54) is 45.8 Å². The van der Waals surface area contributed by atoms with Crippen LogP contribution in [-0.4, -0.2) is 36.8 Å². The lowest BCUT2D eigenvalue weighted by atomic mass is 10.1. The molecule has 35 heavy (non-hydrogen) atoms. The quantitative estimate of drug-likeness (QED) is 0.415. The summed E-state index contributed by atoms with van der Waals surface area (Å²) in [5.74, 6) is -0.614. The first-order valence-corrected chi connectivity index (χ1v) is 11.7. The molecule has 1 aliphatic heterocycles. The van der Waals surface area contributed by atoms with E-state index in [4.69, 9.17) is 4.74 Å². The van der Waals surface area contributed by atoms with Crippen molar-refractivity contribution in [3.8, 4) is 11.8 Å². The number of aryl methyl sites for hydroxylation is 1. The Balaban J connectivity index is 1.42. The van der Waals surface area contributed by atoms with Crippen LogP contribution >= 0.6 is 11.3 Å². The minimum absolute atomic E-state index is 0.00859. The fourth-order valence-corrected chi connectivity index (χ4v) is 4.64. The summed E-state index contributed by atoms with van der Waals surface area (Å²) < 4.78 is 19.0. The first-order chi connectivity index (χ1) is 17.0. The molecule has 3 heterocycles. The topological polar surface area (TPSA) is 88.5 Å². The molecule has 4 aromatic rings. The van der Waals surface area contributed by atoms with Gasteiger partial charge >= 0.3 is 6.01 Å². The van der Waals surface area contributed by atoms with Crippen LogP contribution in [0, 0.1) is 12.7 Å². The number of amides is 2. The zero-order valence-electron chi connectivity index (χ0n) is 18.7. The minimum atomic E-state index is -0.463. The Morgan fingerprint density at radius 1 is 1.00 bits per heavy atom. The lowest BCUT2D eigenvalue weighted by Gasteiger charge is -2.37. The predicted molar refractivity (Wildman–Crippen MR) is 126 cm³/mol. The van der Waals surface area contributed by atoms with Crippen molar-refractivity contribution in [3.05, 3.63) is 99.5 Å². The molecule has 0 saturated heterocycles. The summed E-state index contributed by atoms with van der Waals surface area (Å²) in [6.45, 7) is 2.23. The maximum absolute atomic E-state index is 13.6. The zero-order valence-corrected chi connectivity index (χ0v) is 19.5. The Hall–Kier alpha value is -4.18. The first kappa shape index (κ1) is 22.6. The van der Waals surface area contributed by atoms with Crippen LogP contribution < -0.4 is 4.74 Å². The lowest BCUT2D eigenvalue weighted by molar-refractivity contribution is -0.147.